The molecule has 0 unspecified atom stereocenters. The molecular weight excluding hydrogens is 562 g/mol. The zero-order valence-electron chi connectivity index (χ0n) is 25.5. The Kier molecular flexibility index (Phi) is 5.81. The van der Waals surface area contributed by atoms with Gasteiger partial charge in [0.15, 0.2) is 17.5 Å². The normalized spacial score (nSPS) is 13.2. The fourth-order valence-corrected chi connectivity index (χ4v) is 7.01. The smallest absolute Gasteiger partial charge is 0.164 e. The molecule has 6 aromatic carbocycles. The second kappa shape index (κ2) is 10.1. The Morgan fingerprint density at radius 3 is 1.78 bits per heavy atom. The van der Waals surface area contributed by atoms with E-state index in [9.17, 15) is 0 Å². The van der Waals surface area contributed by atoms with Crippen molar-refractivity contribution in [2.45, 2.75) is 19.3 Å². The summed E-state index contributed by atoms with van der Waals surface area (Å²) in [7, 11) is 0. The van der Waals surface area contributed by atoms with Gasteiger partial charge in [-0.2, -0.15) is 0 Å². The Bertz CT molecular complexity index is 2380. The van der Waals surface area contributed by atoms with Crippen molar-refractivity contribution in [1.29, 1.82) is 0 Å². The summed E-state index contributed by atoms with van der Waals surface area (Å²) in [4.78, 5) is 15.2. The van der Waals surface area contributed by atoms with Crippen LogP contribution in [-0.4, -0.2) is 15.0 Å². The first-order valence-corrected chi connectivity index (χ1v) is 15.6. The summed E-state index contributed by atoms with van der Waals surface area (Å²) in [5.74, 6) is 1.88. The summed E-state index contributed by atoms with van der Waals surface area (Å²) in [5, 5.41) is 2.03. The van der Waals surface area contributed by atoms with E-state index in [2.05, 4.69) is 74.5 Å². The molecule has 2 aromatic heterocycles. The zero-order chi connectivity index (χ0) is 30.8. The highest BCUT2D eigenvalue weighted by atomic mass is 16.3. The summed E-state index contributed by atoms with van der Waals surface area (Å²) >= 11 is 0. The summed E-state index contributed by atoms with van der Waals surface area (Å²) < 4.78 is 6.52. The Hall–Kier alpha value is -5.87. The molecule has 0 bridgehead atoms. The van der Waals surface area contributed by atoms with Crippen molar-refractivity contribution in [1.82, 2.24) is 15.0 Å². The quantitative estimate of drug-likeness (QED) is 0.204. The highest BCUT2D eigenvalue weighted by molar-refractivity contribution is 6.13. The lowest BCUT2D eigenvalue weighted by Crippen LogP contribution is -2.14. The molecular formula is C42H29N3O. The van der Waals surface area contributed by atoms with Crippen molar-refractivity contribution in [2.75, 3.05) is 0 Å². The monoisotopic (exact) mass is 591 g/mol. The molecule has 1 aliphatic rings. The number of para-hydroxylation sites is 1. The summed E-state index contributed by atoms with van der Waals surface area (Å²) in [5.41, 5.74) is 11.8. The minimum atomic E-state index is -0.0996. The second-order valence-corrected chi connectivity index (χ2v) is 12.5. The third-order valence-corrected chi connectivity index (χ3v) is 9.34. The number of benzene rings is 6. The Morgan fingerprint density at radius 1 is 0.435 bits per heavy atom. The topological polar surface area (TPSA) is 51.8 Å². The number of rotatable bonds is 4. The van der Waals surface area contributed by atoms with Crippen molar-refractivity contribution in [3.8, 4) is 56.4 Å². The number of hydrogen-bond acceptors (Lipinski definition) is 4. The van der Waals surface area contributed by atoms with E-state index in [4.69, 9.17) is 19.4 Å². The average Bonchev–Trinajstić information content (AvgIpc) is 3.60. The molecule has 9 rings (SSSR count). The minimum absolute atomic E-state index is 0.0996. The van der Waals surface area contributed by atoms with Crippen LogP contribution in [0, 0.1) is 0 Å². The molecule has 0 amide bonds. The SMILES string of the molecule is CC1(C)c2ccccc2-c2ccc(-c3cc(-c4nc(-c5ccccc5)nc(-c5ccccc5)n4)c4c(c3)oc3ccccc34)cc21. The van der Waals surface area contributed by atoms with Gasteiger partial charge in [-0.05, 0) is 57.6 Å². The largest absolute Gasteiger partial charge is 0.456 e. The molecule has 4 heteroatoms. The fourth-order valence-electron chi connectivity index (χ4n) is 7.01. The molecule has 0 fully saturated rings. The van der Waals surface area contributed by atoms with Crippen molar-refractivity contribution in [2.24, 2.45) is 0 Å². The van der Waals surface area contributed by atoms with Gasteiger partial charge >= 0.3 is 0 Å². The van der Waals surface area contributed by atoms with Gasteiger partial charge in [-0.15, -0.1) is 0 Å². The maximum atomic E-state index is 6.52. The van der Waals surface area contributed by atoms with Crippen LogP contribution in [0.3, 0.4) is 0 Å². The molecule has 0 radical (unpaired) electrons. The molecule has 218 valence electrons. The van der Waals surface area contributed by atoms with Crippen LogP contribution in [0.1, 0.15) is 25.0 Å². The van der Waals surface area contributed by atoms with Crippen molar-refractivity contribution >= 4 is 21.9 Å². The molecule has 0 spiro atoms. The maximum absolute atomic E-state index is 6.52. The van der Waals surface area contributed by atoms with Gasteiger partial charge < -0.3 is 4.42 Å². The first-order chi connectivity index (χ1) is 22.5. The van der Waals surface area contributed by atoms with Crippen LogP contribution in [-0.2, 0) is 5.41 Å². The van der Waals surface area contributed by atoms with Crippen LogP contribution in [0.2, 0.25) is 0 Å². The van der Waals surface area contributed by atoms with E-state index in [-0.39, 0.29) is 5.41 Å². The molecule has 0 aliphatic heterocycles. The third-order valence-electron chi connectivity index (χ3n) is 9.34. The van der Waals surface area contributed by atoms with Gasteiger partial charge in [0.1, 0.15) is 11.2 Å². The Balaban J connectivity index is 1.31. The van der Waals surface area contributed by atoms with Gasteiger partial charge in [-0.3, -0.25) is 0 Å². The predicted octanol–water partition coefficient (Wildman–Crippen LogP) is 10.7. The highest BCUT2D eigenvalue weighted by Gasteiger charge is 2.35. The van der Waals surface area contributed by atoms with Crippen LogP contribution in [0.5, 0.6) is 0 Å². The summed E-state index contributed by atoms with van der Waals surface area (Å²) in [6.07, 6.45) is 0. The van der Waals surface area contributed by atoms with E-state index in [1.807, 2.05) is 78.9 Å². The number of furan rings is 1. The van der Waals surface area contributed by atoms with Crippen LogP contribution in [0.15, 0.2) is 144 Å². The summed E-state index contributed by atoms with van der Waals surface area (Å²) in [6, 6.07) is 48.4. The van der Waals surface area contributed by atoms with E-state index in [0.29, 0.717) is 17.5 Å². The number of nitrogens with zero attached hydrogens (tertiary/aromatic N) is 3. The first-order valence-electron chi connectivity index (χ1n) is 15.6. The lowest BCUT2D eigenvalue weighted by molar-refractivity contribution is 0.660. The fraction of sp³-hybridized carbons (Fsp3) is 0.0714. The van der Waals surface area contributed by atoms with Crippen LogP contribution in [0.25, 0.3) is 78.4 Å². The predicted molar refractivity (Wildman–Crippen MR) is 186 cm³/mol. The van der Waals surface area contributed by atoms with E-state index in [1.54, 1.807) is 0 Å². The standard InChI is InChI=1S/C42H29N3O/c1-42(2)34-19-11-9-17-30(34)31-22-21-28(24-35(31)42)29-23-33(38-32-18-10-12-20-36(32)46-37(38)25-29)41-44-39(26-13-5-3-6-14-26)43-40(45-41)27-15-7-4-8-16-27/h3-25H,1-2H3. The van der Waals surface area contributed by atoms with Crippen LogP contribution < -0.4 is 0 Å². The second-order valence-electron chi connectivity index (χ2n) is 12.5. The Labute approximate surface area is 267 Å². The number of fused-ring (bicyclic) bond motifs is 6. The Morgan fingerprint density at radius 2 is 1.04 bits per heavy atom. The van der Waals surface area contributed by atoms with Gasteiger partial charge in [-0.1, -0.05) is 129 Å². The summed E-state index contributed by atoms with van der Waals surface area (Å²) in [6.45, 7) is 4.63. The number of aromatic nitrogens is 3. The molecule has 1 aliphatic carbocycles. The molecule has 0 saturated heterocycles. The van der Waals surface area contributed by atoms with Crippen LogP contribution in [0.4, 0.5) is 0 Å². The van der Waals surface area contributed by atoms with Gasteiger partial charge in [0.2, 0.25) is 0 Å². The molecule has 0 atom stereocenters. The van der Waals surface area contributed by atoms with Gasteiger partial charge in [0, 0.05) is 32.9 Å². The first kappa shape index (κ1) is 26.5. The van der Waals surface area contributed by atoms with E-state index < -0.39 is 0 Å². The van der Waals surface area contributed by atoms with Crippen molar-refractivity contribution in [3.05, 3.63) is 151 Å². The van der Waals surface area contributed by atoms with E-state index >= 15 is 0 Å². The minimum Gasteiger partial charge on any atom is -0.456 e. The average molecular weight is 592 g/mol. The lowest BCUT2D eigenvalue weighted by atomic mass is 9.81. The van der Waals surface area contributed by atoms with Gasteiger partial charge in [-0.25, -0.2) is 15.0 Å². The molecule has 46 heavy (non-hydrogen) atoms. The molecule has 0 N–H and O–H groups in total. The lowest BCUT2D eigenvalue weighted by Gasteiger charge is -2.22. The highest BCUT2D eigenvalue weighted by Crippen LogP contribution is 2.50. The molecule has 4 nitrogen and oxygen atoms in total. The number of hydrogen-bond donors (Lipinski definition) is 0. The van der Waals surface area contributed by atoms with E-state index in [1.165, 1.54) is 22.3 Å². The maximum Gasteiger partial charge on any atom is 0.164 e. The molecule has 2 heterocycles. The van der Waals surface area contributed by atoms with Gasteiger partial charge in [0.25, 0.3) is 0 Å². The van der Waals surface area contributed by atoms with Crippen molar-refractivity contribution < 1.29 is 4.42 Å². The van der Waals surface area contributed by atoms with Gasteiger partial charge in [0.05, 0.1) is 0 Å². The molecule has 8 aromatic rings. The van der Waals surface area contributed by atoms with E-state index in [0.717, 1.165) is 49.8 Å². The molecule has 0 saturated carbocycles. The third kappa shape index (κ3) is 4.11. The van der Waals surface area contributed by atoms with Crippen LogP contribution >= 0.6 is 0 Å². The van der Waals surface area contributed by atoms with Crippen molar-refractivity contribution in [3.63, 3.8) is 0 Å². The zero-order valence-corrected chi connectivity index (χ0v) is 25.5.